The van der Waals surface area contributed by atoms with Crippen molar-refractivity contribution in [2.45, 2.75) is 17.7 Å². The zero-order valence-corrected chi connectivity index (χ0v) is 9.64. The van der Waals surface area contributed by atoms with Crippen LogP contribution < -0.4 is 5.56 Å². The molecule has 1 atom stereocenters. The Hall–Kier alpha value is -0.680. The summed E-state index contributed by atoms with van der Waals surface area (Å²) in [6.45, 7) is 0. The molecular formula is C9H7BrN2OS. The SMILES string of the molecule is O=c1c2c(nc3sccn13)C(Br)CC2. The number of rotatable bonds is 0. The minimum absolute atomic E-state index is 0.105. The summed E-state index contributed by atoms with van der Waals surface area (Å²) in [6, 6.07) is 0. The van der Waals surface area contributed by atoms with E-state index >= 15 is 0 Å². The lowest BCUT2D eigenvalue weighted by Gasteiger charge is -2.01. The Morgan fingerprint density at radius 3 is 3.36 bits per heavy atom. The van der Waals surface area contributed by atoms with Crippen molar-refractivity contribution >= 4 is 32.2 Å². The molecule has 1 aliphatic rings. The number of nitrogens with zero attached hydrogens (tertiary/aromatic N) is 2. The van der Waals surface area contributed by atoms with Crippen LogP contribution in [0.3, 0.4) is 0 Å². The van der Waals surface area contributed by atoms with E-state index in [4.69, 9.17) is 0 Å². The smallest absolute Gasteiger partial charge is 0.261 e. The molecule has 0 saturated carbocycles. The van der Waals surface area contributed by atoms with Gasteiger partial charge in [0.25, 0.3) is 5.56 Å². The van der Waals surface area contributed by atoms with Crippen molar-refractivity contribution in [3.63, 3.8) is 0 Å². The fraction of sp³-hybridized carbons (Fsp3) is 0.333. The molecular weight excluding hydrogens is 264 g/mol. The van der Waals surface area contributed by atoms with Crippen molar-refractivity contribution in [3.8, 4) is 0 Å². The Morgan fingerprint density at radius 2 is 2.50 bits per heavy atom. The van der Waals surface area contributed by atoms with E-state index in [0.29, 0.717) is 0 Å². The van der Waals surface area contributed by atoms with E-state index in [1.807, 2.05) is 5.38 Å². The molecule has 2 aromatic rings. The number of thiazole rings is 1. The van der Waals surface area contributed by atoms with Gasteiger partial charge in [0.1, 0.15) is 0 Å². The van der Waals surface area contributed by atoms with E-state index < -0.39 is 0 Å². The van der Waals surface area contributed by atoms with Gasteiger partial charge in [0.05, 0.1) is 10.5 Å². The summed E-state index contributed by atoms with van der Waals surface area (Å²) in [6.07, 6.45) is 3.61. The third-order valence-electron chi connectivity index (χ3n) is 2.54. The van der Waals surface area contributed by atoms with Gasteiger partial charge in [-0.05, 0) is 12.8 Å². The van der Waals surface area contributed by atoms with Gasteiger partial charge in [0.2, 0.25) is 0 Å². The van der Waals surface area contributed by atoms with Crippen LogP contribution >= 0.6 is 27.3 Å². The number of hydrogen-bond acceptors (Lipinski definition) is 3. The molecule has 3 nitrogen and oxygen atoms in total. The van der Waals surface area contributed by atoms with E-state index in [9.17, 15) is 4.79 Å². The van der Waals surface area contributed by atoms with Gasteiger partial charge < -0.3 is 0 Å². The third kappa shape index (κ3) is 1.02. The molecule has 0 fully saturated rings. The van der Waals surface area contributed by atoms with Crippen LogP contribution in [-0.4, -0.2) is 9.38 Å². The highest BCUT2D eigenvalue weighted by Crippen LogP contribution is 2.34. The van der Waals surface area contributed by atoms with Gasteiger partial charge in [-0.3, -0.25) is 9.20 Å². The Balaban J connectivity index is 2.47. The zero-order valence-electron chi connectivity index (χ0n) is 7.24. The van der Waals surface area contributed by atoms with Crippen LogP contribution in [0.4, 0.5) is 0 Å². The first kappa shape index (κ1) is 8.61. The van der Waals surface area contributed by atoms with Crippen LogP contribution in [0.5, 0.6) is 0 Å². The average Bonchev–Trinajstić information content (AvgIpc) is 2.75. The van der Waals surface area contributed by atoms with Crippen LogP contribution in [0, 0.1) is 0 Å². The summed E-state index contributed by atoms with van der Waals surface area (Å²) in [5.74, 6) is 0. The molecule has 0 aliphatic heterocycles. The lowest BCUT2D eigenvalue weighted by atomic mass is 10.3. The fourth-order valence-electron chi connectivity index (χ4n) is 1.83. The maximum atomic E-state index is 11.9. The molecule has 1 aliphatic carbocycles. The molecule has 2 aromatic heterocycles. The lowest BCUT2D eigenvalue weighted by molar-refractivity contribution is 0.891. The molecule has 0 bridgehead atoms. The van der Waals surface area contributed by atoms with E-state index in [2.05, 4.69) is 20.9 Å². The summed E-state index contributed by atoms with van der Waals surface area (Å²) >= 11 is 5.04. The van der Waals surface area contributed by atoms with Crippen molar-refractivity contribution < 1.29 is 0 Å². The van der Waals surface area contributed by atoms with E-state index in [0.717, 1.165) is 29.1 Å². The predicted octanol–water partition coefficient (Wildman–Crippen LogP) is 2.14. The van der Waals surface area contributed by atoms with Gasteiger partial charge in [0.15, 0.2) is 4.96 Å². The maximum Gasteiger partial charge on any atom is 0.261 e. The second-order valence-corrected chi connectivity index (χ2v) is 5.32. The van der Waals surface area contributed by atoms with Crippen LogP contribution in [0.1, 0.15) is 22.5 Å². The normalized spacial score (nSPS) is 20.2. The first-order valence-electron chi connectivity index (χ1n) is 4.40. The Bertz CT molecular complexity index is 559. The Kier molecular flexibility index (Phi) is 1.79. The van der Waals surface area contributed by atoms with Crippen molar-refractivity contribution in [1.29, 1.82) is 0 Å². The first-order valence-corrected chi connectivity index (χ1v) is 6.19. The first-order chi connectivity index (χ1) is 6.77. The number of alkyl halides is 1. The average molecular weight is 271 g/mol. The van der Waals surface area contributed by atoms with Gasteiger partial charge in [-0.1, -0.05) is 15.9 Å². The van der Waals surface area contributed by atoms with Crippen LogP contribution in [0.2, 0.25) is 0 Å². The highest BCUT2D eigenvalue weighted by atomic mass is 79.9. The second-order valence-electron chi connectivity index (χ2n) is 3.34. The van der Waals surface area contributed by atoms with Gasteiger partial charge >= 0.3 is 0 Å². The van der Waals surface area contributed by atoms with Crippen LogP contribution in [0.15, 0.2) is 16.4 Å². The summed E-state index contributed by atoms with van der Waals surface area (Å²) in [7, 11) is 0. The van der Waals surface area contributed by atoms with E-state index in [-0.39, 0.29) is 10.4 Å². The molecule has 0 aromatic carbocycles. The van der Waals surface area contributed by atoms with Crippen molar-refractivity contribution in [3.05, 3.63) is 33.2 Å². The lowest BCUT2D eigenvalue weighted by Crippen LogP contribution is -2.17. The summed E-state index contributed by atoms with van der Waals surface area (Å²) in [4.78, 5) is 17.5. The fourth-order valence-corrected chi connectivity index (χ4v) is 3.16. The summed E-state index contributed by atoms with van der Waals surface area (Å²) in [5.41, 5.74) is 1.92. The minimum Gasteiger partial charge on any atom is -0.269 e. The van der Waals surface area contributed by atoms with Gasteiger partial charge in [0, 0.05) is 17.1 Å². The monoisotopic (exact) mass is 270 g/mol. The molecule has 0 amide bonds. The largest absolute Gasteiger partial charge is 0.269 e. The molecule has 5 heteroatoms. The quantitative estimate of drug-likeness (QED) is 0.688. The number of fused-ring (bicyclic) bond motifs is 2. The summed E-state index contributed by atoms with van der Waals surface area (Å²) in [5, 5.41) is 1.89. The van der Waals surface area contributed by atoms with Gasteiger partial charge in [-0.15, -0.1) is 11.3 Å². The van der Waals surface area contributed by atoms with Crippen molar-refractivity contribution in [1.82, 2.24) is 9.38 Å². The molecule has 14 heavy (non-hydrogen) atoms. The molecule has 0 N–H and O–H groups in total. The van der Waals surface area contributed by atoms with Gasteiger partial charge in [-0.2, -0.15) is 0 Å². The number of aromatic nitrogens is 2. The second kappa shape index (κ2) is 2.90. The molecule has 0 saturated heterocycles. The molecule has 3 rings (SSSR count). The van der Waals surface area contributed by atoms with E-state index in [1.54, 1.807) is 10.6 Å². The van der Waals surface area contributed by atoms with Crippen LogP contribution in [0.25, 0.3) is 4.96 Å². The molecule has 1 unspecified atom stereocenters. The van der Waals surface area contributed by atoms with E-state index in [1.165, 1.54) is 11.3 Å². The van der Waals surface area contributed by atoms with Crippen LogP contribution in [-0.2, 0) is 6.42 Å². The molecule has 72 valence electrons. The maximum absolute atomic E-state index is 11.9. The molecule has 0 spiro atoms. The van der Waals surface area contributed by atoms with Gasteiger partial charge in [-0.25, -0.2) is 4.98 Å². The Labute approximate surface area is 92.5 Å². The molecule has 2 heterocycles. The highest BCUT2D eigenvalue weighted by molar-refractivity contribution is 9.09. The zero-order chi connectivity index (χ0) is 9.71. The Morgan fingerprint density at radius 1 is 1.64 bits per heavy atom. The topological polar surface area (TPSA) is 34.4 Å². The van der Waals surface area contributed by atoms with Crippen molar-refractivity contribution in [2.75, 3.05) is 0 Å². The number of hydrogen-bond donors (Lipinski definition) is 0. The highest BCUT2D eigenvalue weighted by Gasteiger charge is 2.25. The number of halogens is 1. The summed E-state index contributed by atoms with van der Waals surface area (Å²) < 4.78 is 1.63. The van der Waals surface area contributed by atoms with Crippen molar-refractivity contribution in [2.24, 2.45) is 0 Å². The molecule has 0 radical (unpaired) electrons. The third-order valence-corrected chi connectivity index (χ3v) is 4.18. The standard InChI is InChI=1S/C9H7BrN2OS/c10-6-2-1-5-7(6)11-9-12(8(5)13)3-4-14-9/h3-4,6H,1-2H2. The predicted molar refractivity (Wildman–Crippen MR) is 59.3 cm³/mol. The minimum atomic E-state index is 0.105.